The highest BCUT2D eigenvalue weighted by Crippen LogP contribution is 2.34. The lowest BCUT2D eigenvalue weighted by Gasteiger charge is -2.23. The van der Waals surface area contributed by atoms with Gasteiger partial charge in [-0.2, -0.15) is 0 Å². The van der Waals surface area contributed by atoms with Crippen LogP contribution in [-0.4, -0.2) is 23.0 Å². The summed E-state index contributed by atoms with van der Waals surface area (Å²) in [5.74, 6) is 1.20. The summed E-state index contributed by atoms with van der Waals surface area (Å²) in [6, 6.07) is 1.62. The molecular formula is C13H17NO3. The first-order chi connectivity index (χ1) is 7.98. The first-order valence-electron chi connectivity index (χ1n) is 5.79. The van der Waals surface area contributed by atoms with Crippen molar-refractivity contribution in [2.24, 2.45) is 0 Å². The van der Waals surface area contributed by atoms with Crippen molar-refractivity contribution in [1.82, 2.24) is 4.98 Å². The molecule has 2 rings (SSSR count). The van der Waals surface area contributed by atoms with Crippen molar-refractivity contribution in [2.45, 2.75) is 45.3 Å². The number of carbonyl (C=O) groups is 1. The van der Waals surface area contributed by atoms with Gasteiger partial charge < -0.3 is 9.47 Å². The lowest BCUT2D eigenvalue weighted by molar-refractivity contribution is 0.110. The maximum atomic E-state index is 10.7. The predicted molar refractivity (Wildman–Crippen MR) is 63.7 cm³/mol. The minimum atomic E-state index is -0.330. The molecule has 1 aromatic heterocycles. The van der Waals surface area contributed by atoms with Gasteiger partial charge in [0, 0.05) is 6.07 Å². The number of hydrogen-bond donors (Lipinski definition) is 0. The van der Waals surface area contributed by atoms with Crippen LogP contribution in [0.4, 0.5) is 0 Å². The van der Waals surface area contributed by atoms with Gasteiger partial charge in [0.1, 0.15) is 11.3 Å². The van der Waals surface area contributed by atoms with Crippen molar-refractivity contribution in [2.75, 3.05) is 0 Å². The van der Waals surface area contributed by atoms with E-state index in [-0.39, 0.29) is 11.7 Å². The molecule has 1 fully saturated rings. The van der Waals surface area contributed by atoms with E-state index in [1.165, 1.54) is 0 Å². The topological polar surface area (TPSA) is 48.4 Å². The molecule has 0 aromatic carbocycles. The summed E-state index contributed by atoms with van der Waals surface area (Å²) < 4.78 is 11.5. The molecule has 0 spiro atoms. The van der Waals surface area contributed by atoms with E-state index in [4.69, 9.17) is 9.47 Å². The van der Waals surface area contributed by atoms with Crippen molar-refractivity contribution < 1.29 is 14.3 Å². The third-order valence-corrected chi connectivity index (χ3v) is 2.21. The van der Waals surface area contributed by atoms with E-state index in [1.54, 1.807) is 12.3 Å². The van der Waals surface area contributed by atoms with E-state index in [1.807, 2.05) is 20.8 Å². The van der Waals surface area contributed by atoms with Crippen LogP contribution in [-0.2, 0) is 0 Å². The fourth-order valence-corrected chi connectivity index (χ4v) is 1.37. The molecule has 4 nitrogen and oxygen atoms in total. The molecule has 0 unspecified atom stereocenters. The van der Waals surface area contributed by atoms with Crippen LogP contribution in [0.3, 0.4) is 0 Å². The molecule has 0 bridgehead atoms. The predicted octanol–water partition coefficient (Wildman–Crippen LogP) is 2.61. The lowest BCUT2D eigenvalue weighted by atomic mass is 10.2. The maximum absolute atomic E-state index is 10.7. The fraction of sp³-hybridized carbons (Fsp3) is 0.538. The van der Waals surface area contributed by atoms with Gasteiger partial charge in [-0.3, -0.25) is 4.79 Å². The largest absolute Gasteiger partial charge is 0.485 e. The van der Waals surface area contributed by atoms with Crippen LogP contribution in [0.15, 0.2) is 12.3 Å². The van der Waals surface area contributed by atoms with Gasteiger partial charge in [0.25, 0.3) is 0 Å². The van der Waals surface area contributed by atoms with Gasteiger partial charge >= 0.3 is 0 Å². The standard InChI is InChI=1S/C13H17NO3/c1-13(2,3)17-11-6-9(8-15)14-7-12(11)16-10-4-5-10/h6-8,10H,4-5H2,1-3H3. The highest BCUT2D eigenvalue weighted by Gasteiger charge is 2.26. The van der Waals surface area contributed by atoms with Crippen molar-refractivity contribution >= 4 is 6.29 Å². The molecule has 1 aromatic rings. The lowest BCUT2D eigenvalue weighted by Crippen LogP contribution is -2.23. The second-order valence-corrected chi connectivity index (χ2v) is 5.21. The summed E-state index contributed by atoms with van der Waals surface area (Å²) in [4.78, 5) is 14.7. The average Bonchev–Trinajstić information content (AvgIpc) is 3.02. The summed E-state index contributed by atoms with van der Waals surface area (Å²) in [5, 5.41) is 0. The monoisotopic (exact) mass is 235 g/mol. The summed E-state index contributed by atoms with van der Waals surface area (Å²) in [7, 11) is 0. The second-order valence-electron chi connectivity index (χ2n) is 5.21. The fourth-order valence-electron chi connectivity index (χ4n) is 1.37. The number of aromatic nitrogens is 1. The van der Waals surface area contributed by atoms with Crippen LogP contribution in [0.2, 0.25) is 0 Å². The van der Waals surface area contributed by atoms with Gasteiger partial charge in [-0.25, -0.2) is 4.98 Å². The van der Waals surface area contributed by atoms with Gasteiger partial charge in [-0.15, -0.1) is 0 Å². The molecule has 1 aliphatic carbocycles. The average molecular weight is 235 g/mol. The van der Waals surface area contributed by atoms with Gasteiger partial charge in [-0.1, -0.05) is 0 Å². The molecule has 0 saturated heterocycles. The third-order valence-electron chi connectivity index (χ3n) is 2.21. The zero-order valence-electron chi connectivity index (χ0n) is 10.4. The van der Waals surface area contributed by atoms with Crippen molar-refractivity contribution in [3.05, 3.63) is 18.0 Å². The third kappa shape index (κ3) is 3.44. The minimum absolute atomic E-state index is 0.279. The summed E-state index contributed by atoms with van der Waals surface area (Å²) in [6.45, 7) is 5.86. The SMILES string of the molecule is CC(C)(C)Oc1cc(C=O)ncc1OC1CC1. The van der Waals surface area contributed by atoms with Crippen molar-refractivity contribution in [3.8, 4) is 11.5 Å². The normalized spacial score (nSPS) is 15.5. The number of ether oxygens (including phenoxy) is 2. The van der Waals surface area contributed by atoms with Gasteiger partial charge in [0.2, 0.25) is 0 Å². The zero-order chi connectivity index (χ0) is 12.5. The smallest absolute Gasteiger partial charge is 0.179 e. The zero-order valence-corrected chi connectivity index (χ0v) is 10.4. The Kier molecular flexibility index (Phi) is 3.05. The van der Waals surface area contributed by atoms with Crippen LogP contribution in [0.5, 0.6) is 11.5 Å². The van der Waals surface area contributed by atoms with E-state index >= 15 is 0 Å². The Labute approximate surface area is 101 Å². The first kappa shape index (κ1) is 11.9. The van der Waals surface area contributed by atoms with E-state index in [2.05, 4.69) is 4.98 Å². The van der Waals surface area contributed by atoms with Crippen LogP contribution >= 0.6 is 0 Å². The van der Waals surface area contributed by atoms with E-state index in [9.17, 15) is 4.79 Å². The van der Waals surface area contributed by atoms with Crippen molar-refractivity contribution in [3.63, 3.8) is 0 Å². The number of carbonyl (C=O) groups excluding carboxylic acids is 1. The molecule has 92 valence electrons. The molecule has 1 heterocycles. The van der Waals surface area contributed by atoms with E-state index < -0.39 is 0 Å². The van der Waals surface area contributed by atoms with Crippen molar-refractivity contribution in [1.29, 1.82) is 0 Å². The number of aldehydes is 1. The Balaban J connectivity index is 2.25. The van der Waals surface area contributed by atoms with Gasteiger partial charge in [0.15, 0.2) is 17.8 Å². The van der Waals surface area contributed by atoms with Crippen LogP contribution in [0.25, 0.3) is 0 Å². The van der Waals surface area contributed by atoms with Crippen LogP contribution in [0.1, 0.15) is 44.1 Å². The maximum Gasteiger partial charge on any atom is 0.179 e. The quantitative estimate of drug-likeness (QED) is 0.753. The molecule has 1 aliphatic rings. The number of rotatable bonds is 4. The number of pyridine rings is 1. The molecule has 0 aliphatic heterocycles. The Morgan fingerprint density at radius 2 is 2.06 bits per heavy atom. The molecule has 0 radical (unpaired) electrons. The Bertz CT molecular complexity index is 419. The first-order valence-corrected chi connectivity index (χ1v) is 5.79. The summed E-state index contributed by atoms with van der Waals surface area (Å²) in [6.07, 6.45) is 4.69. The van der Waals surface area contributed by atoms with E-state index in [0.717, 1.165) is 12.8 Å². The minimum Gasteiger partial charge on any atom is -0.485 e. The Morgan fingerprint density at radius 1 is 1.35 bits per heavy atom. The number of hydrogen-bond acceptors (Lipinski definition) is 4. The molecular weight excluding hydrogens is 218 g/mol. The Morgan fingerprint density at radius 3 is 2.59 bits per heavy atom. The van der Waals surface area contributed by atoms with Crippen LogP contribution < -0.4 is 9.47 Å². The van der Waals surface area contributed by atoms with E-state index in [0.29, 0.717) is 23.5 Å². The Hall–Kier alpha value is -1.58. The highest BCUT2D eigenvalue weighted by molar-refractivity contribution is 5.73. The summed E-state index contributed by atoms with van der Waals surface area (Å²) in [5.41, 5.74) is 0.0239. The van der Waals surface area contributed by atoms with Gasteiger partial charge in [0.05, 0.1) is 12.3 Å². The highest BCUT2D eigenvalue weighted by atomic mass is 16.5. The molecule has 4 heteroatoms. The molecule has 0 N–H and O–H groups in total. The second kappa shape index (κ2) is 4.35. The molecule has 1 saturated carbocycles. The number of nitrogens with zero attached hydrogens (tertiary/aromatic N) is 1. The molecule has 17 heavy (non-hydrogen) atoms. The van der Waals surface area contributed by atoms with Gasteiger partial charge in [-0.05, 0) is 33.6 Å². The summed E-state index contributed by atoms with van der Waals surface area (Å²) >= 11 is 0. The molecule has 0 amide bonds. The van der Waals surface area contributed by atoms with Crippen LogP contribution in [0, 0.1) is 0 Å². The molecule has 0 atom stereocenters.